The van der Waals surface area contributed by atoms with Gasteiger partial charge in [0.05, 0.1) is 11.1 Å². The molecule has 0 aromatic heterocycles. The summed E-state index contributed by atoms with van der Waals surface area (Å²) in [5.41, 5.74) is 1.39. The van der Waals surface area contributed by atoms with Crippen LogP contribution in [0.1, 0.15) is 73.1 Å². The maximum atomic E-state index is 12.7. The topological polar surface area (TPSA) is 34.1 Å². The van der Waals surface area contributed by atoms with E-state index in [2.05, 4.69) is 37.5 Å². The first kappa shape index (κ1) is 17.8. The van der Waals surface area contributed by atoms with Gasteiger partial charge in [0.1, 0.15) is 0 Å². The molecule has 0 unspecified atom stereocenters. The van der Waals surface area contributed by atoms with Crippen LogP contribution in [0.3, 0.4) is 0 Å². The molecule has 122 valence electrons. The number of carbonyl (C=O) groups excluding carboxylic acids is 2. The lowest BCUT2D eigenvalue weighted by Crippen LogP contribution is -2.20. The van der Waals surface area contributed by atoms with Crippen LogP contribution in [0.2, 0.25) is 0 Å². The molecule has 24 heavy (non-hydrogen) atoms. The van der Waals surface area contributed by atoms with Crippen LogP contribution in [0.4, 0.5) is 0 Å². The fourth-order valence-electron chi connectivity index (χ4n) is 2.45. The molecule has 0 saturated carbocycles. The van der Waals surface area contributed by atoms with Gasteiger partial charge >= 0.3 is 0 Å². The molecule has 1 aromatic carbocycles. The molecule has 0 radical (unpaired) electrons. The van der Waals surface area contributed by atoms with E-state index in [0.717, 1.165) is 38.5 Å². The number of benzene rings is 1. The Labute approximate surface area is 144 Å². The van der Waals surface area contributed by atoms with E-state index in [4.69, 9.17) is 0 Å². The molecule has 1 aliphatic carbocycles. The number of hydrogen-bond acceptors (Lipinski definition) is 2. The molecule has 0 N–H and O–H groups in total. The number of hydrogen-bond donors (Lipinski definition) is 0. The fraction of sp³-hybridized carbons (Fsp3) is 0.364. The van der Waals surface area contributed by atoms with Gasteiger partial charge in [-0.2, -0.15) is 0 Å². The highest BCUT2D eigenvalue weighted by molar-refractivity contribution is 6.30. The summed E-state index contributed by atoms with van der Waals surface area (Å²) in [6.45, 7) is 4.19. The predicted molar refractivity (Wildman–Crippen MR) is 96.7 cm³/mol. The first-order valence-corrected chi connectivity index (χ1v) is 8.61. The molecule has 2 nitrogen and oxygen atoms in total. The highest BCUT2D eigenvalue weighted by Crippen LogP contribution is 2.25. The molecule has 0 amide bonds. The molecule has 0 spiro atoms. The standard InChI is InChI=1S/C22H22O2/c1-3-5-7-9-13-17-18(14-10-8-6-4-2)22(24)20-16-12-11-15-19(20)21(17)23/h11-12,15-16H,3-8H2,1-2H3. The van der Waals surface area contributed by atoms with E-state index >= 15 is 0 Å². The molecule has 0 bridgehead atoms. The molecule has 1 aliphatic rings. The highest BCUT2D eigenvalue weighted by Gasteiger charge is 2.30. The minimum Gasteiger partial charge on any atom is -0.288 e. The summed E-state index contributed by atoms with van der Waals surface area (Å²) in [4.78, 5) is 25.5. The number of carbonyl (C=O) groups is 2. The minimum atomic E-state index is -0.186. The Balaban J connectivity index is 2.45. The Bertz CT molecular complexity index is 721. The van der Waals surface area contributed by atoms with Gasteiger partial charge in [-0.05, 0) is 12.8 Å². The van der Waals surface area contributed by atoms with Gasteiger partial charge in [-0.1, -0.05) is 74.6 Å². The Kier molecular flexibility index (Phi) is 6.59. The maximum Gasteiger partial charge on any atom is 0.203 e. The van der Waals surface area contributed by atoms with Crippen LogP contribution in [0.25, 0.3) is 0 Å². The van der Waals surface area contributed by atoms with Crippen molar-refractivity contribution in [2.45, 2.75) is 52.4 Å². The minimum absolute atomic E-state index is 0.186. The van der Waals surface area contributed by atoms with Crippen molar-refractivity contribution in [2.75, 3.05) is 0 Å². The van der Waals surface area contributed by atoms with Crippen molar-refractivity contribution in [1.82, 2.24) is 0 Å². The molecule has 2 heteroatoms. The third kappa shape index (κ3) is 4.03. The van der Waals surface area contributed by atoms with Crippen LogP contribution >= 0.6 is 0 Å². The molecule has 0 aliphatic heterocycles. The number of ketones is 2. The van der Waals surface area contributed by atoms with Crippen molar-refractivity contribution in [3.63, 3.8) is 0 Å². The monoisotopic (exact) mass is 318 g/mol. The zero-order chi connectivity index (χ0) is 17.4. The van der Waals surface area contributed by atoms with Crippen molar-refractivity contribution in [3.8, 4) is 23.7 Å². The van der Waals surface area contributed by atoms with Crippen molar-refractivity contribution < 1.29 is 9.59 Å². The number of Topliss-reactive ketones (excluding diaryl/α,β-unsaturated/α-hetero) is 2. The number of unbranched alkanes of at least 4 members (excludes halogenated alkanes) is 4. The van der Waals surface area contributed by atoms with Gasteiger partial charge in [-0.15, -0.1) is 0 Å². The average molecular weight is 318 g/mol. The van der Waals surface area contributed by atoms with E-state index in [9.17, 15) is 9.59 Å². The van der Waals surface area contributed by atoms with Gasteiger partial charge in [0.2, 0.25) is 11.6 Å². The Morgan fingerprint density at radius 1 is 0.750 bits per heavy atom. The van der Waals surface area contributed by atoms with Gasteiger partial charge in [0.25, 0.3) is 0 Å². The van der Waals surface area contributed by atoms with Gasteiger partial charge in [0, 0.05) is 24.0 Å². The second kappa shape index (κ2) is 8.90. The van der Waals surface area contributed by atoms with E-state index in [-0.39, 0.29) is 22.7 Å². The fourth-order valence-corrected chi connectivity index (χ4v) is 2.45. The Morgan fingerprint density at radius 3 is 1.54 bits per heavy atom. The number of rotatable bonds is 4. The summed E-state index contributed by atoms with van der Waals surface area (Å²) < 4.78 is 0. The van der Waals surface area contributed by atoms with E-state index in [1.807, 2.05) is 0 Å². The van der Waals surface area contributed by atoms with Gasteiger partial charge in [-0.25, -0.2) is 0 Å². The smallest absolute Gasteiger partial charge is 0.203 e. The number of allylic oxidation sites excluding steroid dienone is 2. The summed E-state index contributed by atoms with van der Waals surface area (Å²) in [7, 11) is 0. The van der Waals surface area contributed by atoms with Crippen molar-refractivity contribution in [2.24, 2.45) is 0 Å². The maximum absolute atomic E-state index is 12.7. The Hall–Kier alpha value is -2.58. The molecule has 0 saturated heterocycles. The third-order valence-corrected chi connectivity index (χ3v) is 3.86. The summed E-state index contributed by atoms with van der Waals surface area (Å²) in [5, 5.41) is 0. The van der Waals surface area contributed by atoms with Crippen LogP contribution in [-0.2, 0) is 0 Å². The quantitative estimate of drug-likeness (QED) is 0.593. The normalized spacial score (nSPS) is 12.9. The lowest BCUT2D eigenvalue weighted by molar-refractivity contribution is 0.0982. The molecule has 0 atom stereocenters. The molecular formula is C22H22O2. The van der Waals surface area contributed by atoms with Crippen molar-refractivity contribution >= 4 is 11.6 Å². The van der Waals surface area contributed by atoms with E-state index in [1.54, 1.807) is 24.3 Å². The SMILES string of the molecule is CCCCC#CC1=C(C#CCCCC)C(=O)c2ccccc2C1=O. The van der Waals surface area contributed by atoms with Crippen LogP contribution in [0.15, 0.2) is 35.4 Å². The van der Waals surface area contributed by atoms with E-state index in [1.165, 1.54) is 0 Å². The molecule has 0 fully saturated rings. The molecule has 2 rings (SSSR count). The summed E-state index contributed by atoms with van der Waals surface area (Å²) in [6.07, 6.45) is 5.51. The lowest BCUT2D eigenvalue weighted by Gasteiger charge is -2.14. The van der Waals surface area contributed by atoms with Crippen LogP contribution in [0, 0.1) is 23.7 Å². The van der Waals surface area contributed by atoms with Crippen LogP contribution < -0.4 is 0 Å². The van der Waals surface area contributed by atoms with Crippen LogP contribution in [0.5, 0.6) is 0 Å². The van der Waals surface area contributed by atoms with Crippen molar-refractivity contribution in [1.29, 1.82) is 0 Å². The number of fused-ring (bicyclic) bond motifs is 1. The highest BCUT2D eigenvalue weighted by atomic mass is 16.1. The largest absolute Gasteiger partial charge is 0.288 e. The first-order chi connectivity index (χ1) is 11.7. The van der Waals surface area contributed by atoms with E-state index < -0.39 is 0 Å². The third-order valence-electron chi connectivity index (χ3n) is 3.86. The van der Waals surface area contributed by atoms with Gasteiger partial charge < -0.3 is 0 Å². The zero-order valence-electron chi connectivity index (χ0n) is 14.4. The van der Waals surface area contributed by atoms with Crippen LogP contribution in [-0.4, -0.2) is 11.6 Å². The van der Waals surface area contributed by atoms with Gasteiger partial charge in [-0.3, -0.25) is 9.59 Å². The van der Waals surface area contributed by atoms with Gasteiger partial charge in [0.15, 0.2) is 0 Å². The molecule has 0 heterocycles. The average Bonchev–Trinajstić information content (AvgIpc) is 2.61. The second-order valence-electron chi connectivity index (χ2n) is 5.76. The summed E-state index contributed by atoms with van der Waals surface area (Å²) >= 11 is 0. The summed E-state index contributed by atoms with van der Waals surface area (Å²) in [5.74, 6) is 11.5. The second-order valence-corrected chi connectivity index (χ2v) is 5.76. The lowest BCUT2D eigenvalue weighted by atomic mass is 9.84. The Morgan fingerprint density at radius 2 is 1.17 bits per heavy atom. The molecule has 1 aromatic rings. The predicted octanol–water partition coefficient (Wildman–Crippen LogP) is 4.75. The van der Waals surface area contributed by atoms with E-state index in [0.29, 0.717) is 11.1 Å². The zero-order valence-corrected chi connectivity index (χ0v) is 14.4. The van der Waals surface area contributed by atoms with Crippen molar-refractivity contribution in [3.05, 3.63) is 46.5 Å². The first-order valence-electron chi connectivity index (χ1n) is 8.61. The molecular weight excluding hydrogens is 296 g/mol. The summed E-state index contributed by atoms with van der Waals surface area (Å²) in [6, 6.07) is 6.91.